The Hall–Kier alpha value is -1.64. The van der Waals surface area contributed by atoms with Gasteiger partial charge in [-0.2, -0.15) is 4.98 Å². The molecule has 8 heteroatoms. The summed E-state index contributed by atoms with van der Waals surface area (Å²) in [5, 5.41) is 5.67. The molecule has 1 aliphatic carbocycles. The van der Waals surface area contributed by atoms with Crippen molar-refractivity contribution in [3.63, 3.8) is 0 Å². The minimum absolute atomic E-state index is 0.0354. The molecule has 1 aliphatic heterocycles. The normalized spacial score (nSPS) is 18.6. The number of thiophene rings is 1. The van der Waals surface area contributed by atoms with Crippen molar-refractivity contribution >= 4 is 29.0 Å². The summed E-state index contributed by atoms with van der Waals surface area (Å²) in [5.41, 5.74) is 2.01. The van der Waals surface area contributed by atoms with Crippen LogP contribution in [0.25, 0.3) is 0 Å². The monoisotopic (exact) mass is 405 g/mol. The quantitative estimate of drug-likeness (QED) is 0.565. The fourth-order valence-electron chi connectivity index (χ4n) is 3.64. The smallest absolute Gasteiger partial charge is 0.349 e. The second kappa shape index (κ2) is 8.58. The lowest BCUT2D eigenvalue weighted by Crippen LogP contribution is -2.33. The van der Waals surface area contributed by atoms with Crippen molar-refractivity contribution < 1.29 is 9.53 Å². The van der Waals surface area contributed by atoms with Gasteiger partial charge in [0.2, 0.25) is 5.91 Å². The number of amides is 1. The van der Waals surface area contributed by atoms with E-state index in [0.717, 1.165) is 59.9 Å². The van der Waals surface area contributed by atoms with Crippen LogP contribution in [0.4, 0.5) is 0 Å². The molecule has 0 radical (unpaired) electrons. The molecule has 0 spiro atoms. The number of nitrogens with one attached hydrogen (secondary N) is 1. The van der Waals surface area contributed by atoms with E-state index < -0.39 is 0 Å². The number of hydrogen-bond donors (Lipinski definition) is 1. The van der Waals surface area contributed by atoms with Crippen LogP contribution in [-0.2, 0) is 28.9 Å². The lowest BCUT2D eigenvalue weighted by Gasteiger charge is -2.14. The first-order valence-electron chi connectivity index (χ1n) is 9.37. The molecule has 1 atom stereocenters. The van der Waals surface area contributed by atoms with Crippen molar-refractivity contribution in [3.8, 4) is 0 Å². The summed E-state index contributed by atoms with van der Waals surface area (Å²) >= 11 is 3.02. The molecule has 2 aliphatic rings. The van der Waals surface area contributed by atoms with Gasteiger partial charge < -0.3 is 10.1 Å². The number of thioether (sulfide) groups is 1. The van der Waals surface area contributed by atoms with Gasteiger partial charge in [0, 0.05) is 29.3 Å². The lowest BCUT2D eigenvalue weighted by atomic mass is 10.2. The van der Waals surface area contributed by atoms with Gasteiger partial charge in [0.15, 0.2) is 0 Å². The largest absolute Gasteiger partial charge is 0.376 e. The maximum atomic E-state index is 12.6. The number of fused-ring (bicyclic) bond motifs is 1. The van der Waals surface area contributed by atoms with E-state index in [9.17, 15) is 9.59 Å². The highest BCUT2D eigenvalue weighted by atomic mass is 32.2. The van der Waals surface area contributed by atoms with Crippen LogP contribution in [0.5, 0.6) is 0 Å². The first-order valence-corrected chi connectivity index (χ1v) is 11.2. The van der Waals surface area contributed by atoms with Crippen molar-refractivity contribution in [2.45, 2.75) is 49.8 Å². The van der Waals surface area contributed by atoms with Crippen LogP contribution in [0.3, 0.4) is 0 Å². The van der Waals surface area contributed by atoms with Gasteiger partial charge in [-0.15, -0.1) is 11.3 Å². The third-order valence-electron chi connectivity index (χ3n) is 4.99. The number of carbonyl (C=O) groups excluding carboxylic acids is 1. The van der Waals surface area contributed by atoms with Crippen molar-refractivity contribution in [3.05, 3.63) is 44.1 Å². The minimum atomic E-state index is -0.216. The average Bonchev–Trinajstić information content (AvgIpc) is 3.42. The molecule has 2 aromatic rings. The predicted molar refractivity (Wildman–Crippen MR) is 107 cm³/mol. The van der Waals surface area contributed by atoms with Crippen molar-refractivity contribution in [1.82, 2.24) is 14.9 Å². The molecule has 0 aromatic carbocycles. The van der Waals surface area contributed by atoms with Crippen LogP contribution >= 0.6 is 23.1 Å². The molecule has 0 bridgehead atoms. The Morgan fingerprint density at radius 3 is 3.11 bits per heavy atom. The minimum Gasteiger partial charge on any atom is -0.376 e. The summed E-state index contributed by atoms with van der Waals surface area (Å²) in [6.45, 7) is 1.93. The standard InChI is InChI=1S/C19H23N3O3S2/c23-17(20-10-13-4-2-8-25-13)12-27-18-15-6-1-7-16(15)22(19(24)21-18)11-14-5-3-9-26-14/h3,5,9,13H,1-2,4,6-8,10-12H2,(H,20,23). The van der Waals surface area contributed by atoms with E-state index in [4.69, 9.17) is 4.74 Å². The van der Waals surface area contributed by atoms with Crippen LogP contribution in [-0.4, -0.2) is 40.5 Å². The molecule has 144 valence electrons. The molecule has 3 heterocycles. The Balaban J connectivity index is 1.42. The molecular weight excluding hydrogens is 382 g/mol. The van der Waals surface area contributed by atoms with E-state index in [0.29, 0.717) is 13.1 Å². The van der Waals surface area contributed by atoms with Gasteiger partial charge >= 0.3 is 5.69 Å². The zero-order valence-corrected chi connectivity index (χ0v) is 16.7. The number of nitrogens with zero attached hydrogens (tertiary/aromatic N) is 2. The van der Waals surface area contributed by atoms with Gasteiger partial charge in [0.1, 0.15) is 5.03 Å². The van der Waals surface area contributed by atoms with Gasteiger partial charge in [-0.05, 0) is 43.6 Å². The summed E-state index contributed by atoms with van der Waals surface area (Å²) in [7, 11) is 0. The zero-order chi connectivity index (χ0) is 18.6. The van der Waals surface area contributed by atoms with E-state index in [1.54, 1.807) is 15.9 Å². The fourth-order valence-corrected chi connectivity index (χ4v) is 5.24. The Kier molecular flexibility index (Phi) is 5.95. The first-order chi connectivity index (χ1) is 13.2. The molecule has 2 aromatic heterocycles. The van der Waals surface area contributed by atoms with E-state index in [1.807, 2.05) is 17.5 Å². The molecule has 1 saturated heterocycles. The molecule has 1 unspecified atom stereocenters. The van der Waals surface area contributed by atoms with E-state index >= 15 is 0 Å². The molecular formula is C19H23N3O3S2. The number of rotatable bonds is 7. The highest BCUT2D eigenvalue weighted by Crippen LogP contribution is 2.29. The van der Waals surface area contributed by atoms with Crippen molar-refractivity contribution in [1.29, 1.82) is 0 Å². The second-order valence-corrected chi connectivity index (χ2v) is 8.87. The molecule has 27 heavy (non-hydrogen) atoms. The van der Waals surface area contributed by atoms with E-state index in [1.165, 1.54) is 11.8 Å². The zero-order valence-electron chi connectivity index (χ0n) is 15.1. The van der Waals surface area contributed by atoms with Gasteiger partial charge in [-0.25, -0.2) is 4.79 Å². The summed E-state index contributed by atoms with van der Waals surface area (Å²) < 4.78 is 7.32. The van der Waals surface area contributed by atoms with Crippen molar-refractivity contribution in [2.24, 2.45) is 0 Å². The van der Waals surface area contributed by atoms with Crippen LogP contribution in [0, 0.1) is 0 Å². The van der Waals surface area contributed by atoms with Crippen LogP contribution in [0.2, 0.25) is 0 Å². The molecule has 1 N–H and O–H groups in total. The molecule has 4 rings (SSSR count). The number of ether oxygens (including phenoxy) is 1. The average molecular weight is 406 g/mol. The number of hydrogen-bond acceptors (Lipinski definition) is 6. The van der Waals surface area contributed by atoms with Crippen LogP contribution in [0.1, 0.15) is 35.4 Å². The Bertz CT molecular complexity index is 858. The van der Waals surface area contributed by atoms with Gasteiger partial charge in [0.25, 0.3) is 0 Å². The number of aromatic nitrogens is 2. The third-order valence-corrected chi connectivity index (χ3v) is 6.86. The topological polar surface area (TPSA) is 73.2 Å². The molecule has 1 amide bonds. The molecule has 6 nitrogen and oxygen atoms in total. The Morgan fingerprint density at radius 2 is 2.33 bits per heavy atom. The first kappa shape index (κ1) is 18.7. The van der Waals surface area contributed by atoms with E-state index in [2.05, 4.69) is 10.3 Å². The van der Waals surface area contributed by atoms with Gasteiger partial charge in [-0.1, -0.05) is 17.8 Å². The molecule has 1 fully saturated rings. The van der Waals surface area contributed by atoms with E-state index in [-0.39, 0.29) is 23.5 Å². The van der Waals surface area contributed by atoms with Crippen molar-refractivity contribution in [2.75, 3.05) is 18.9 Å². The van der Waals surface area contributed by atoms with Gasteiger partial charge in [0.05, 0.1) is 18.4 Å². The fraction of sp³-hybridized carbons (Fsp3) is 0.526. The maximum Gasteiger partial charge on any atom is 0.349 e. The second-order valence-electron chi connectivity index (χ2n) is 6.87. The number of carbonyl (C=O) groups is 1. The summed E-state index contributed by atoms with van der Waals surface area (Å²) in [5.74, 6) is 0.243. The predicted octanol–water partition coefficient (Wildman–Crippen LogP) is 2.23. The maximum absolute atomic E-state index is 12.6. The summed E-state index contributed by atoms with van der Waals surface area (Å²) in [4.78, 5) is 30.2. The third kappa shape index (κ3) is 4.44. The SMILES string of the molecule is O=C(CSc1nc(=O)n(Cc2cccs2)c2c1CCC2)NCC1CCCO1. The summed E-state index contributed by atoms with van der Waals surface area (Å²) in [6, 6.07) is 4.04. The lowest BCUT2D eigenvalue weighted by molar-refractivity contribution is -0.119. The highest BCUT2D eigenvalue weighted by Gasteiger charge is 2.23. The Labute approximate surface area is 166 Å². The summed E-state index contributed by atoms with van der Waals surface area (Å²) in [6.07, 6.45) is 5.06. The van der Waals surface area contributed by atoms with Crippen LogP contribution < -0.4 is 11.0 Å². The van der Waals surface area contributed by atoms with Crippen LogP contribution in [0.15, 0.2) is 27.3 Å². The Morgan fingerprint density at radius 1 is 1.41 bits per heavy atom. The van der Waals surface area contributed by atoms with Gasteiger partial charge in [-0.3, -0.25) is 9.36 Å². The highest BCUT2D eigenvalue weighted by molar-refractivity contribution is 7.99. The molecule has 0 saturated carbocycles.